The first-order chi connectivity index (χ1) is 21.2. The van der Waals surface area contributed by atoms with Gasteiger partial charge in [-0.05, 0) is 55.9 Å². The molecule has 0 aliphatic heterocycles. The molecule has 3 aromatic rings. The maximum Gasteiger partial charge on any atom is 0.325 e. The molecule has 11 heteroatoms. The van der Waals surface area contributed by atoms with Crippen molar-refractivity contribution in [1.82, 2.24) is 15.8 Å². The summed E-state index contributed by atoms with van der Waals surface area (Å²) in [6.07, 6.45) is 2.06. The van der Waals surface area contributed by atoms with Gasteiger partial charge in [0, 0.05) is 19.2 Å². The van der Waals surface area contributed by atoms with E-state index >= 15 is 0 Å². The number of hydrazine groups is 1. The molecule has 3 rings (SSSR count). The Morgan fingerprint density at radius 2 is 1.57 bits per heavy atom. The number of ether oxygens (including phenoxy) is 5. The summed E-state index contributed by atoms with van der Waals surface area (Å²) in [5.41, 5.74) is 7.15. The second-order valence-electron chi connectivity index (χ2n) is 10.1. The Morgan fingerprint density at radius 3 is 2.18 bits per heavy atom. The highest BCUT2D eigenvalue weighted by molar-refractivity contribution is 5.95. The number of pyridine rings is 1. The summed E-state index contributed by atoms with van der Waals surface area (Å²) in [4.78, 5) is 41.1. The third-order valence-corrected chi connectivity index (χ3v) is 7.04. The molecule has 0 fully saturated rings. The molecule has 0 aliphatic carbocycles. The zero-order valence-electron chi connectivity index (χ0n) is 26.0. The van der Waals surface area contributed by atoms with Gasteiger partial charge in [0.2, 0.25) is 6.79 Å². The van der Waals surface area contributed by atoms with Crippen molar-refractivity contribution < 1.29 is 38.1 Å². The van der Waals surface area contributed by atoms with Crippen molar-refractivity contribution in [1.29, 1.82) is 0 Å². The van der Waals surface area contributed by atoms with Crippen molar-refractivity contribution in [2.75, 3.05) is 13.9 Å². The van der Waals surface area contributed by atoms with Gasteiger partial charge in [-0.1, -0.05) is 56.3 Å². The monoisotopic (exact) mass is 607 g/mol. The highest BCUT2D eigenvalue weighted by atomic mass is 16.7. The average molecular weight is 608 g/mol. The number of carbonyl (C=O) groups excluding carboxylic acids is 3. The molecule has 2 N–H and O–H groups in total. The van der Waals surface area contributed by atoms with E-state index in [1.54, 1.807) is 13.8 Å². The number of hydrogen-bond donors (Lipinski definition) is 2. The summed E-state index contributed by atoms with van der Waals surface area (Å²) in [6, 6.07) is 18.5. The van der Waals surface area contributed by atoms with Crippen LogP contribution < -0.4 is 25.1 Å². The van der Waals surface area contributed by atoms with Crippen LogP contribution in [-0.2, 0) is 19.1 Å². The van der Waals surface area contributed by atoms with Crippen LogP contribution in [0, 0.1) is 5.92 Å². The number of benzene rings is 2. The van der Waals surface area contributed by atoms with E-state index in [-0.39, 0.29) is 23.1 Å². The van der Waals surface area contributed by atoms with Crippen LogP contribution in [0.2, 0.25) is 0 Å². The van der Waals surface area contributed by atoms with E-state index in [0.717, 1.165) is 24.0 Å². The van der Waals surface area contributed by atoms with Crippen LogP contribution >= 0.6 is 0 Å². The number of nitrogens with zero attached hydrogens (tertiary/aromatic N) is 1. The lowest BCUT2D eigenvalue weighted by Crippen LogP contribution is -2.49. The van der Waals surface area contributed by atoms with Crippen LogP contribution in [0.3, 0.4) is 0 Å². The minimum absolute atomic E-state index is 0.0265. The largest absolute Gasteiger partial charge is 0.493 e. The molecule has 0 saturated heterocycles. The minimum Gasteiger partial charge on any atom is -0.493 e. The Morgan fingerprint density at radius 1 is 0.909 bits per heavy atom. The van der Waals surface area contributed by atoms with Crippen LogP contribution in [0.25, 0.3) is 11.1 Å². The van der Waals surface area contributed by atoms with E-state index in [0.29, 0.717) is 5.75 Å². The van der Waals surface area contributed by atoms with Gasteiger partial charge in [-0.2, -0.15) is 0 Å². The van der Waals surface area contributed by atoms with Crippen molar-refractivity contribution in [3.63, 3.8) is 0 Å². The smallest absolute Gasteiger partial charge is 0.325 e. The Kier molecular flexibility index (Phi) is 13.0. The molecule has 0 saturated carbocycles. The standard InChI is InChI=1S/C33H41N3O8/c1-7-24(8-2)30(44-27-16-14-26(15-17-27)25-12-10-9-11-13-25)22(4)43-33(39)21(3)35-36-32(38)29-31(42-20-41-23(5)37)28(40-6)18-19-34-29/h9-19,21-22,24,30,35H,7-8,20H2,1-6H3,(H,36,38)/t21-,22-,30-/m0/s1. The summed E-state index contributed by atoms with van der Waals surface area (Å²) < 4.78 is 27.7. The highest BCUT2D eigenvalue weighted by Crippen LogP contribution is 2.30. The first kappa shape index (κ1) is 33.9. The lowest BCUT2D eigenvalue weighted by Gasteiger charge is -2.31. The molecule has 1 aromatic heterocycles. The lowest BCUT2D eigenvalue weighted by molar-refractivity contribution is -0.156. The molecule has 3 atom stereocenters. The van der Waals surface area contributed by atoms with Gasteiger partial charge >= 0.3 is 11.9 Å². The molecule has 1 heterocycles. The first-order valence-electron chi connectivity index (χ1n) is 14.6. The second-order valence-corrected chi connectivity index (χ2v) is 10.1. The fraction of sp³-hybridized carbons (Fsp3) is 0.394. The molecule has 0 spiro atoms. The zero-order chi connectivity index (χ0) is 32.1. The van der Waals surface area contributed by atoms with Crippen molar-refractivity contribution in [3.05, 3.63) is 72.6 Å². The highest BCUT2D eigenvalue weighted by Gasteiger charge is 2.31. The van der Waals surface area contributed by atoms with Crippen LogP contribution in [0.5, 0.6) is 17.2 Å². The van der Waals surface area contributed by atoms with E-state index in [2.05, 4.69) is 29.7 Å². The molecule has 2 aromatic carbocycles. The number of nitrogens with one attached hydrogen (secondary N) is 2. The van der Waals surface area contributed by atoms with Gasteiger partial charge in [0.1, 0.15) is 24.0 Å². The molecule has 0 radical (unpaired) electrons. The van der Waals surface area contributed by atoms with Crippen molar-refractivity contribution in [3.8, 4) is 28.4 Å². The number of hydrogen-bond acceptors (Lipinski definition) is 10. The molecule has 236 valence electrons. The van der Waals surface area contributed by atoms with E-state index in [9.17, 15) is 14.4 Å². The second kappa shape index (κ2) is 16.9. The average Bonchev–Trinajstić information content (AvgIpc) is 3.04. The molecule has 0 aliphatic rings. The Bertz CT molecular complexity index is 1360. The number of rotatable bonds is 16. The predicted molar refractivity (Wildman–Crippen MR) is 164 cm³/mol. The first-order valence-corrected chi connectivity index (χ1v) is 14.6. The number of carbonyl (C=O) groups is 3. The summed E-state index contributed by atoms with van der Waals surface area (Å²) in [7, 11) is 1.39. The summed E-state index contributed by atoms with van der Waals surface area (Å²) in [5.74, 6) is -0.838. The maximum atomic E-state index is 13.0. The molecule has 11 nitrogen and oxygen atoms in total. The number of amides is 1. The fourth-order valence-electron chi connectivity index (χ4n) is 4.55. The van der Waals surface area contributed by atoms with Crippen LogP contribution in [0.1, 0.15) is 57.9 Å². The molecule has 0 unspecified atom stereocenters. The minimum atomic E-state index is -0.912. The van der Waals surface area contributed by atoms with Crippen molar-refractivity contribution >= 4 is 17.8 Å². The Hall–Kier alpha value is -4.64. The van der Waals surface area contributed by atoms with Crippen molar-refractivity contribution in [2.24, 2.45) is 5.92 Å². The summed E-state index contributed by atoms with van der Waals surface area (Å²) >= 11 is 0. The van der Waals surface area contributed by atoms with Gasteiger partial charge in [0.05, 0.1) is 7.11 Å². The van der Waals surface area contributed by atoms with Crippen LogP contribution in [0.15, 0.2) is 66.9 Å². The SMILES string of the molecule is CCC(CC)[C@@H](Oc1ccc(-c2ccccc2)cc1)[C@H](C)OC(=O)[C@H](C)NNC(=O)c1nccc(OC)c1OCOC(C)=O. The van der Waals surface area contributed by atoms with E-state index in [4.69, 9.17) is 23.7 Å². The Labute approximate surface area is 258 Å². The lowest BCUT2D eigenvalue weighted by atomic mass is 9.93. The van der Waals surface area contributed by atoms with Crippen molar-refractivity contribution in [2.45, 2.75) is 65.7 Å². The summed E-state index contributed by atoms with van der Waals surface area (Å²) in [5, 5.41) is 0. The maximum absolute atomic E-state index is 13.0. The third-order valence-electron chi connectivity index (χ3n) is 7.04. The van der Waals surface area contributed by atoms with Crippen LogP contribution in [0.4, 0.5) is 0 Å². The molecular weight excluding hydrogens is 566 g/mol. The van der Waals surface area contributed by atoms with E-state index in [1.165, 1.54) is 26.3 Å². The van der Waals surface area contributed by atoms with Gasteiger partial charge in [-0.3, -0.25) is 19.8 Å². The van der Waals surface area contributed by atoms with Crippen LogP contribution in [-0.4, -0.2) is 55.0 Å². The predicted octanol–water partition coefficient (Wildman–Crippen LogP) is 5.10. The van der Waals surface area contributed by atoms with Gasteiger partial charge in [0.15, 0.2) is 17.2 Å². The van der Waals surface area contributed by atoms with Gasteiger partial charge in [0.25, 0.3) is 5.91 Å². The fourth-order valence-corrected chi connectivity index (χ4v) is 4.55. The molecule has 44 heavy (non-hydrogen) atoms. The van der Waals surface area contributed by atoms with E-state index in [1.807, 2.05) is 54.6 Å². The van der Waals surface area contributed by atoms with E-state index < -0.39 is 42.9 Å². The zero-order valence-corrected chi connectivity index (χ0v) is 26.0. The third kappa shape index (κ3) is 9.43. The molecular formula is C33H41N3O8. The normalized spacial score (nSPS) is 12.9. The number of methoxy groups -OCH3 is 1. The van der Waals surface area contributed by atoms with Gasteiger partial charge in [-0.15, -0.1) is 0 Å². The van der Waals surface area contributed by atoms with Gasteiger partial charge < -0.3 is 23.7 Å². The Balaban J connectivity index is 1.63. The number of aromatic nitrogens is 1. The number of esters is 2. The summed E-state index contributed by atoms with van der Waals surface area (Å²) in [6.45, 7) is 8.30. The molecule has 1 amide bonds. The molecule has 0 bridgehead atoms. The van der Waals surface area contributed by atoms with Gasteiger partial charge in [-0.25, -0.2) is 10.4 Å². The quantitative estimate of drug-likeness (QED) is 0.129. The topological polar surface area (TPSA) is 134 Å².